The lowest BCUT2D eigenvalue weighted by molar-refractivity contribution is 0.0950. The molecule has 0 unspecified atom stereocenters. The fraction of sp³-hybridized carbons (Fsp3) is 0.600. The van der Waals surface area contributed by atoms with Crippen LogP contribution in [0.2, 0.25) is 0 Å². The minimum absolute atomic E-state index is 0.0699. The van der Waals surface area contributed by atoms with Crippen LogP contribution in [0.25, 0.3) is 0 Å². The van der Waals surface area contributed by atoms with Crippen LogP contribution < -0.4 is 10.6 Å². The van der Waals surface area contributed by atoms with Crippen LogP contribution in [0, 0.1) is 17.7 Å². The highest BCUT2D eigenvalue weighted by atomic mass is 19.1. The van der Waals surface area contributed by atoms with E-state index in [1.807, 2.05) is 7.05 Å². The minimum Gasteiger partial charge on any atom is -0.354 e. The van der Waals surface area contributed by atoms with Crippen LogP contribution in [0.3, 0.4) is 0 Å². The first kappa shape index (κ1) is 20.2. The lowest BCUT2D eigenvalue weighted by Crippen LogP contribution is -2.44. The van der Waals surface area contributed by atoms with Gasteiger partial charge in [-0.2, -0.15) is 0 Å². The van der Waals surface area contributed by atoms with Crippen molar-refractivity contribution < 1.29 is 9.18 Å². The first-order chi connectivity index (χ1) is 12.5. The molecule has 1 amide bonds. The maximum Gasteiger partial charge on any atom is 0.254 e. The molecule has 0 heterocycles. The van der Waals surface area contributed by atoms with Crippen molar-refractivity contribution >= 4 is 11.9 Å². The summed E-state index contributed by atoms with van der Waals surface area (Å²) in [5.41, 5.74) is 0.0699. The molecular weight excluding hydrogens is 331 g/mol. The Hall–Kier alpha value is -2.11. The highest BCUT2D eigenvalue weighted by Gasteiger charge is 2.20. The molecule has 2 rings (SSSR count). The Morgan fingerprint density at radius 1 is 1.19 bits per heavy atom. The van der Waals surface area contributed by atoms with E-state index in [2.05, 4.69) is 27.4 Å². The van der Waals surface area contributed by atoms with Crippen molar-refractivity contribution in [2.45, 2.75) is 32.6 Å². The molecule has 0 radical (unpaired) electrons. The number of rotatable bonds is 6. The Kier molecular flexibility index (Phi) is 7.88. The van der Waals surface area contributed by atoms with Gasteiger partial charge in [0.1, 0.15) is 5.82 Å². The molecule has 26 heavy (non-hydrogen) atoms. The van der Waals surface area contributed by atoms with Gasteiger partial charge in [-0.15, -0.1) is 0 Å². The average molecular weight is 362 g/mol. The highest BCUT2D eigenvalue weighted by molar-refractivity contribution is 5.94. The fourth-order valence-electron chi connectivity index (χ4n) is 3.46. The summed E-state index contributed by atoms with van der Waals surface area (Å²) >= 11 is 0. The molecule has 2 N–H and O–H groups in total. The molecule has 0 aliphatic heterocycles. The maximum atomic E-state index is 13.6. The van der Waals surface area contributed by atoms with Crippen LogP contribution in [-0.2, 0) is 0 Å². The number of nitrogens with zero attached hydrogens (tertiary/aromatic N) is 2. The second-order valence-corrected chi connectivity index (χ2v) is 7.22. The molecule has 0 atom stereocenters. The van der Waals surface area contributed by atoms with Gasteiger partial charge >= 0.3 is 0 Å². The monoisotopic (exact) mass is 362 g/mol. The number of carbonyl (C=O) groups is 1. The molecule has 0 saturated heterocycles. The smallest absolute Gasteiger partial charge is 0.254 e. The summed E-state index contributed by atoms with van der Waals surface area (Å²) in [5.74, 6) is 1.49. The zero-order chi connectivity index (χ0) is 18.9. The third kappa shape index (κ3) is 6.00. The first-order valence-corrected chi connectivity index (χ1v) is 9.45. The van der Waals surface area contributed by atoms with E-state index >= 15 is 0 Å². The van der Waals surface area contributed by atoms with Crippen molar-refractivity contribution in [2.75, 3.05) is 33.7 Å². The van der Waals surface area contributed by atoms with Crippen molar-refractivity contribution in [1.82, 2.24) is 15.5 Å². The van der Waals surface area contributed by atoms with Crippen LogP contribution in [0.1, 0.15) is 43.0 Å². The molecule has 1 aliphatic rings. The fourth-order valence-corrected chi connectivity index (χ4v) is 3.46. The predicted molar refractivity (Wildman–Crippen MR) is 104 cm³/mol. The summed E-state index contributed by atoms with van der Waals surface area (Å²) in [4.78, 5) is 18.5. The van der Waals surface area contributed by atoms with E-state index in [0.29, 0.717) is 13.1 Å². The zero-order valence-electron chi connectivity index (χ0n) is 16.1. The van der Waals surface area contributed by atoms with Crippen molar-refractivity contribution in [3.63, 3.8) is 0 Å². The number of halogens is 1. The number of guanidine groups is 1. The molecule has 5 nitrogen and oxygen atoms in total. The summed E-state index contributed by atoms with van der Waals surface area (Å²) in [7, 11) is 3.81. The Bertz CT molecular complexity index is 612. The van der Waals surface area contributed by atoms with Crippen molar-refractivity contribution in [3.05, 3.63) is 35.6 Å². The topological polar surface area (TPSA) is 56.7 Å². The number of amides is 1. The molecule has 1 saturated carbocycles. The number of nitrogens with one attached hydrogen (secondary N) is 2. The molecular formula is C20H31FN4O. The van der Waals surface area contributed by atoms with E-state index in [0.717, 1.165) is 24.3 Å². The molecule has 1 fully saturated rings. The third-order valence-electron chi connectivity index (χ3n) is 5.05. The van der Waals surface area contributed by atoms with Gasteiger partial charge in [0.25, 0.3) is 5.91 Å². The molecule has 1 aromatic rings. The van der Waals surface area contributed by atoms with Gasteiger partial charge in [-0.05, 0) is 36.8 Å². The zero-order valence-corrected chi connectivity index (χ0v) is 16.1. The average Bonchev–Trinajstić information content (AvgIpc) is 2.63. The van der Waals surface area contributed by atoms with Crippen LogP contribution in [0.4, 0.5) is 4.39 Å². The number of hydrogen-bond acceptors (Lipinski definition) is 2. The van der Waals surface area contributed by atoms with Gasteiger partial charge in [-0.25, -0.2) is 4.39 Å². The normalized spacial score (nSPS) is 20.5. The number of aliphatic imine (C=N–C) groups is 1. The van der Waals surface area contributed by atoms with Crippen LogP contribution in [-0.4, -0.2) is 50.5 Å². The molecule has 0 spiro atoms. The van der Waals surface area contributed by atoms with Crippen LogP contribution in [0.15, 0.2) is 29.3 Å². The van der Waals surface area contributed by atoms with Gasteiger partial charge in [0.15, 0.2) is 5.96 Å². The van der Waals surface area contributed by atoms with Crippen LogP contribution in [0.5, 0.6) is 0 Å². The Labute approximate surface area is 156 Å². The minimum atomic E-state index is -0.504. The SMILES string of the molecule is CN=C(NCCNC(=O)c1ccccc1F)N(C)CC1CCC(C)CC1. The van der Waals surface area contributed by atoms with Crippen LogP contribution >= 0.6 is 0 Å². The summed E-state index contributed by atoms with van der Waals surface area (Å²) in [6, 6.07) is 5.99. The lowest BCUT2D eigenvalue weighted by Gasteiger charge is -2.31. The Morgan fingerprint density at radius 2 is 1.85 bits per heavy atom. The highest BCUT2D eigenvalue weighted by Crippen LogP contribution is 2.28. The van der Waals surface area contributed by atoms with E-state index in [9.17, 15) is 9.18 Å². The second-order valence-electron chi connectivity index (χ2n) is 7.22. The first-order valence-electron chi connectivity index (χ1n) is 9.45. The van der Waals surface area contributed by atoms with E-state index in [1.54, 1.807) is 19.2 Å². The Morgan fingerprint density at radius 3 is 2.50 bits per heavy atom. The van der Waals surface area contributed by atoms with Crippen molar-refractivity contribution in [2.24, 2.45) is 16.8 Å². The molecule has 6 heteroatoms. The summed E-state index contributed by atoms with van der Waals surface area (Å²) < 4.78 is 13.6. The maximum absolute atomic E-state index is 13.6. The lowest BCUT2D eigenvalue weighted by atomic mass is 9.83. The summed E-state index contributed by atoms with van der Waals surface area (Å²) in [6.07, 6.45) is 5.18. The van der Waals surface area contributed by atoms with Crippen molar-refractivity contribution in [1.29, 1.82) is 0 Å². The molecule has 1 aliphatic carbocycles. The number of benzene rings is 1. The third-order valence-corrected chi connectivity index (χ3v) is 5.05. The van der Waals surface area contributed by atoms with Gasteiger partial charge < -0.3 is 15.5 Å². The van der Waals surface area contributed by atoms with Gasteiger partial charge in [-0.3, -0.25) is 9.79 Å². The largest absolute Gasteiger partial charge is 0.354 e. The van der Waals surface area contributed by atoms with E-state index in [-0.39, 0.29) is 5.56 Å². The quantitative estimate of drug-likeness (QED) is 0.465. The van der Waals surface area contributed by atoms with E-state index < -0.39 is 11.7 Å². The standard InChI is InChI=1S/C20H31FN4O/c1-15-8-10-16(11-9-15)14-25(3)20(22-2)24-13-12-23-19(26)17-6-4-5-7-18(17)21/h4-7,15-16H,8-14H2,1-3H3,(H,22,24)(H,23,26). The van der Waals surface area contributed by atoms with Gasteiger partial charge in [0, 0.05) is 33.7 Å². The van der Waals surface area contributed by atoms with E-state index in [1.165, 1.54) is 37.8 Å². The number of carbonyl (C=O) groups excluding carboxylic acids is 1. The van der Waals surface area contributed by atoms with Crippen molar-refractivity contribution in [3.8, 4) is 0 Å². The molecule has 1 aromatic carbocycles. The molecule has 144 valence electrons. The van der Waals surface area contributed by atoms with Gasteiger partial charge in [-0.1, -0.05) is 31.9 Å². The summed E-state index contributed by atoms with van der Waals surface area (Å²) in [5, 5.41) is 5.99. The van der Waals surface area contributed by atoms with Gasteiger partial charge in [0.2, 0.25) is 0 Å². The van der Waals surface area contributed by atoms with E-state index in [4.69, 9.17) is 0 Å². The number of hydrogen-bond donors (Lipinski definition) is 2. The molecule has 0 bridgehead atoms. The van der Waals surface area contributed by atoms with Gasteiger partial charge in [0.05, 0.1) is 5.56 Å². The summed E-state index contributed by atoms with van der Waals surface area (Å²) in [6.45, 7) is 4.27. The molecule has 0 aromatic heterocycles. The Balaban J connectivity index is 1.71. The second kappa shape index (κ2) is 10.1. The predicted octanol–water partition coefficient (Wildman–Crippen LogP) is 2.89.